The van der Waals surface area contributed by atoms with Crippen molar-refractivity contribution in [1.82, 2.24) is 9.97 Å². The summed E-state index contributed by atoms with van der Waals surface area (Å²) in [5, 5.41) is 9.97. The normalized spacial score (nSPS) is 28.6. The highest BCUT2D eigenvalue weighted by molar-refractivity contribution is 5.85. The second-order valence-corrected chi connectivity index (χ2v) is 5.66. The minimum absolute atomic E-state index is 0.0973. The number of fused-ring (bicyclic) bond motifs is 1. The van der Waals surface area contributed by atoms with Crippen molar-refractivity contribution in [3.8, 4) is 0 Å². The second-order valence-electron chi connectivity index (χ2n) is 5.66. The molecule has 2 fully saturated rings. The van der Waals surface area contributed by atoms with E-state index in [1.54, 1.807) is 0 Å². The van der Waals surface area contributed by atoms with Crippen LogP contribution in [0.1, 0.15) is 29.2 Å². The zero-order valence-corrected chi connectivity index (χ0v) is 11.7. The van der Waals surface area contributed by atoms with Crippen molar-refractivity contribution in [3.63, 3.8) is 0 Å². The summed E-state index contributed by atoms with van der Waals surface area (Å²) in [7, 11) is 1.32. The lowest BCUT2D eigenvalue weighted by molar-refractivity contribution is 0.0586. The van der Waals surface area contributed by atoms with Gasteiger partial charge >= 0.3 is 5.97 Å². The molecule has 0 aromatic carbocycles. The van der Waals surface area contributed by atoms with Crippen LogP contribution in [-0.4, -0.2) is 47.3 Å². The first-order chi connectivity index (χ1) is 9.58. The molecular formula is C14H19N3O3. The molecule has 0 radical (unpaired) electrons. The van der Waals surface area contributed by atoms with Gasteiger partial charge in [-0.3, -0.25) is 0 Å². The van der Waals surface area contributed by atoms with Crippen molar-refractivity contribution in [2.24, 2.45) is 11.8 Å². The van der Waals surface area contributed by atoms with Crippen molar-refractivity contribution in [1.29, 1.82) is 0 Å². The van der Waals surface area contributed by atoms with Gasteiger partial charge in [-0.15, -0.1) is 0 Å². The average molecular weight is 277 g/mol. The molecule has 3 rings (SSSR count). The minimum Gasteiger partial charge on any atom is -0.463 e. The Kier molecular flexibility index (Phi) is 3.33. The van der Waals surface area contributed by atoms with Gasteiger partial charge in [0, 0.05) is 30.8 Å². The molecule has 20 heavy (non-hydrogen) atoms. The van der Waals surface area contributed by atoms with E-state index < -0.39 is 5.97 Å². The number of anilines is 1. The summed E-state index contributed by atoms with van der Waals surface area (Å²) in [6.07, 6.45) is 1.77. The Balaban J connectivity index is 1.84. The van der Waals surface area contributed by atoms with Crippen molar-refractivity contribution < 1.29 is 14.6 Å². The topological polar surface area (TPSA) is 75.5 Å². The molecule has 1 aliphatic carbocycles. The van der Waals surface area contributed by atoms with E-state index in [-0.39, 0.29) is 11.9 Å². The lowest BCUT2D eigenvalue weighted by Gasteiger charge is -2.20. The van der Waals surface area contributed by atoms with Gasteiger partial charge in [0.25, 0.3) is 0 Å². The molecule has 1 aliphatic heterocycles. The van der Waals surface area contributed by atoms with Crippen LogP contribution in [0.2, 0.25) is 0 Å². The van der Waals surface area contributed by atoms with Crippen LogP contribution in [0.4, 0.5) is 5.82 Å². The summed E-state index contributed by atoms with van der Waals surface area (Å²) in [5.41, 5.74) is 0.744. The van der Waals surface area contributed by atoms with E-state index in [1.165, 1.54) is 7.11 Å². The Morgan fingerprint density at radius 3 is 2.90 bits per heavy atom. The summed E-state index contributed by atoms with van der Waals surface area (Å²) >= 11 is 0. The van der Waals surface area contributed by atoms with E-state index in [0.29, 0.717) is 11.8 Å². The first kappa shape index (κ1) is 13.3. The van der Waals surface area contributed by atoms with E-state index in [0.717, 1.165) is 37.4 Å². The number of rotatable bonds is 2. The van der Waals surface area contributed by atoms with Gasteiger partial charge in [0.2, 0.25) is 5.82 Å². The number of hydrogen-bond acceptors (Lipinski definition) is 6. The number of methoxy groups -OCH3 is 1. The number of aromatic nitrogens is 2. The van der Waals surface area contributed by atoms with Crippen LogP contribution in [0.25, 0.3) is 0 Å². The number of esters is 1. The first-order valence-electron chi connectivity index (χ1n) is 6.95. The van der Waals surface area contributed by atoms with Crippen LogP contribution < -0.4 is 4.90 Å². The molecule has 1 aromatic heterocycles. The molecule has 6 nitrogen and oxygen atoms in total. The standard InChI is InChI=1S/C14H19N3O3/c1-8-5-12(16-13(15-8)14(19)20-2)17-6-9-3-4-11(18)10(9)7-17/h5,9-11,18H,3-4,6-7H2,1-2H3. The predicted octanol–water partition coefficient (Wildman–Crippen LogP) is 0.779. The molecule has 0 bridgehead atoms. The monoisotopic (exact) mass is 277 g/mol. The maximum Gasteiger partial charge on any atom is 0.376 e. The van der Waals surface area contributed by atoms with Crippen LogP contribution in [-0.2, 0) is 4.74 Å². The average Bonchev–Trinajstić information content (AvgIpc) is 3.00. The van der Waals surface area contributed by atoms with Gasteiger partial charge in [0.05, 0.1) is 13.2 Å². The number of carbonyl (C=O) groups is 1. The third-order valence-electron chi connectivity index (χ3n) is 4.35. The lowest BCUT2D eigenvalue weighted by atomic mass is 10.00. The molecule has 2 aliphatic rings. The van der Waals surface area contributed by atoms with Gasteiger partial charge in [-0.25, -0.2) is 14.8 Å². The van der Waals surface area contributed by atoms with Gasteiger partial charge in [0.1, 0.15) is 5.82 Å². The van der Waals surface area contributed by atoms with Crippen LogP contribution in [0.3, 0.4) is 0 Å². The predicted molar refractivity (Wildman–Crippen MR) is 72.5 cm³/mol. The van der Waals surface area contributed by atoms with Gasteiger partial charge in [-0.2, -0.15) is 0 Å². The van der Waals surface area contributed by atoms with Crippen LogP contribution in [0, 0.1) is 18.8 Å². The molecule has 2 heterocycles. The zero-order valence-electron chi connectivity index (χ0n) is 11.7. The SMILES string of the molecule is COC(=O)c1nc(C)cc(N2CC3CCC(O)C3C2)n1. The molecule has 3 atom stereocenters. The lowest BCUT2D eigenvalue weighted by Crippen LogP contribution is -2.26. The first-order valence-corrected chi connectivity index (χ1v) is 6.95. The largest absolute Gasteiger partial charge is 0.463 e. The highest BCUT2D eigenvalue weighted by atomic mass is 16.5. The summed E-state index contributed by atoms with van der Waals surface area (Å²) in [4.78, 5) is 22.1. The molecule has 1 N–H and O–H groups in total. The third kappa shape index (κ3) is 2.24. The van der Waals surface area contributed by atoms with Gasteiger partial charge in [-0.1, -0.05) is 0 Å². The fourth-order valence-corrected chi connectivity index (χ4v) is 3.32. The maximum absolute atomic E-state index is 11.6. The second kappa shape index (κ2) is 5.01. The van der Waals surface area contributed by atoms with Gasteiger partial charge < -0.3 is 14.7 Å². The third-order valence-corrected chi connectivity index (χ3v) is 4.35. The molecule has 1 saturated carbocycles. The van der Waals surface area contributed by atoms with Gasteiger partial charge in [-0.05, 0) is 25.7 Å². The fourth-order valence-electron chi connectivity index (χ4n) is 3.32. The smallest absolute Gasteiger partial charge is 0.376 e. The number of hydrogen-bond donors (Lipinski definition) is 1. The molecule has 6 heteroatoms. The summed E-state index contributed by atoms with van der Waals surface area (Å²) in [6.45, 7) is 3.52. The maximum atomic E-state index is 11.6. The molecule has 108 valence electrons. The molecule has 1 saturated heterocycles. The van der Waals surface area contributed by atoms with E-state index in [4.69, 9.17) is 0 Å². The highest BCUT2D eigenvalue weighted by Gasteiger charge is 2.42. The highest BCUT2D eigenvalue weighted by Crippen LogP contribution is 2.39. The Hall–Kier alpha value is -1.69. The Bertz CT molecular complexity index is 534. The summed E-state index contributed by atoms with van der Waals surface area (Å²) in [6, 6.07) is 1.87. The molecule has 0 amide bonds. The summed E-state index contributed by atoms with van der Waals surface area (Å²) in [5.74, 6) is 1.18. The van der Waals surface area contributed by atoms with E-state index in [2.05, 4.69) is 19.6 Å². The number of nitrogens with zero attached hydrogens (tertiary/aromatic N) is 3. The number of carbonyl (C=O) groups excluding carboxylic acids is 1. The minimum atomic E-state index is -0.519. The molecular weight excluding hydrogens is 258 g/mol. The number of aliphatic hydroxyl groups excluding tert-OH is 1. The number of aliphatic hydroxyl groups is 1. The van der Waals surface area contributed by atoms with Gasteiger partial charge in [0.15, 0.2) is 0 Å². The summed E-state index contributed by atoms with van der Waals surface area (Å²) < 4.78 is 4.68. The van der Waals surface area contributed by atoms with Crippen molar-refractivity contribution in [3.05, 3.63) is 17.6 Å². The van der Waals surface area contributed by atoms with Crippen LogP contribution in [0.15, 0.2) is 6.07 Å². The molecule has 3 unspecified atom stereocenters. The zero-order chi connectivity index (χ0) is 14.3. The van der Waals surface area contributed by atoms with E-state index in [1.807, 2.05) is 13.0 Å². The Morgan fingerprint density at radius 1 is 1.40 bits per heavy atom. The van der Waals surface area contributed by atoms with Crippen molar-refractivity contribution >= 4 is 11.8 Å². The Labute approximate surface area is 117 Å². The van der Waals surface area contributed by atoms with E-state index >= 15 is 0 Å². The number of aryl methyl sites for hydroxylation is 1. The van der Waals surface area contributed by atoms with E-state index in [9.17, 15) is 9.90 Å². The number of ether oxygens (including phenoxy) is 1. The molecule has 0 spiro atoms. The van der Waals surface area contributed by atoms with Crippen LogP contribution in [0.5, 0.6) is 0 Å². The van der Waals surface area contributed by atoms with Crippen molar-refractivity contribution in [2.75, 3.05) is 25.1 Å². The fraction of sp³-hybridized carbons (Fsp3) is 0.643. The molecule has 1 aromatic rings. The van der Waals surface area contributed by atoms with Crippen molar-refractivity contribution in [2.45, 2.75) is 25.9 Å². The Morgan fingerprint density at radius 2 is 2.20 bits per heavy atom. The quantitative estimate of drug-likeness (QED) is 0.805. The van der Waals surface area contributed by atoms with Crippen LogP contribution >= 0.6 is 0 Å².